The number of nitrogens with one attached hydrogen (secondary N) is 1. The van der Waals surface area contributed by atoms with Crippen LogP contribution in [0, 0.1) is 5.41 Å². The predicted molar refractivity (Wildman–Crippen MR) is 30.9 cm³/mol. The van der Waals surface area contributed by atoms with Crippen LogP contribution < -0.4 is 5.73 Å². The maximum atomic E-state index is 6.86. The van der Waals surface area contributed by atoms with Crippen LogP contribution in [0.1, 0.15) is 4.88 Å². The molecule has 0 aliphatic carbocycles. The van der Waals surface area contributed by atoms with Crippen molar-refractivity contribution in [3.63, 3.8) is 0 Å². The fraction of sp³-hybridized carbons (Fsp3) is 0. The first-order valence-corrected chi connectivity index (χ1v) is 2.70. The summed E-state index contributed by atoms with van der Waals surface area (Å²) < 4.78 is 3.51. The Hall–Kier alpha value is -0.970. The molecule has 1 rings (SSSR count). The van der Waals surface area contributed by atoms with E-state index in [4.69, 9.17) is 11.1 Å². The monoisotopic (exact) mass is 128 g/mol. The second-order valence-corrected chi connectivity index (χ2v) is 1.98. The van der Waals surface area contributed by atoms with Crippen molar-refractivity contribution in [1.82, 2.24) is 9.59 Å². The molecule has 0 saturated carbocycles. The molecule has 0 radical (unpaired) electrons. The lowest BCUT2D eigenvalue weighted by Crippen LogP contribution is -2.08. The van der Waals surface area contributed by atoms with Crippen LogP contribution in [0.3, 0.4) is 0 Å². The first kappa shape index (κ1) is 5.17. The van der Waals surface area contributed by atoms with Crippen LogP contribution in [-0.4, -0.2) is 15.4 Å². The third kappa shape index (κ3) is 0.812. The van der Waals surface area contributed by atoms with Gasteiger partial charge in [-0.3, -0.25) is 5.41 Å². The van der Waals surface area contributed by atoms with E-state index in [0.717, 1.165) is 11.5 Å². The van der Waals surface area contributed by atoms with Crippen molar-refractivity contribution in [2.75, 3.05) is 0 Å². The normalized spacial score (nSPS) is 9.00. The average molecular weight is 128 g/mol. The molecule has 0 bridgehead atoms. The van der Waals surface area contributed by atoms with Gasteiger partial charge >= 0.3 is 0 Å². The highest BCUT2D eigenvalue weighted by Gasteiger charge is 1.95. The second-order valence-electron chi connectivity index (χ2n) is 1.20. The van der Waals surface area contributed by atoms with Crippen molar-refractivity contribution in [2.45, 2.75) is 0 Å². The smallest absolute Gasteiger partial charge is 0.136 e. The minimum Gasteiger partial charge on any atom is -0.383 e. The van der Waals surface area contributed by atoms with E-state index in [1.807, 2.05) is 0 Å². The number of amidine groups is 1. The van der Waals surface area contributed by atoms with Crippen LogP contribution in [0.4, 0.5) is 0 Å². The minimum atomic E-state index is 0.0278. The summed E-state index contributed by atoms with van der Waals surface area (Å²) in [5.74, 6) is 0.0278. The van der Waals surface area contributed by atoms with Gasteiger partial charge in [0.1, 0.15) is 10.7 Å². The molecule has 0 amide bonds. The molecule has 5 heteroatoms. The van der Waals surface area contributed by atoms with Gasteiger partial charge < -0.3 is 5.73 Å². The Morgan fingerprint density at radius 1 is 1.88 bits per heavy atom. The fourth-order valence-electron chi connectivity index (χ4n) is 0.286. The van der Waals surface area contributed by atoms with E-state index in [1.54, 1.807) is 0 Å². The Kier molecular flexibility index (Phi) is 1.21. The molecule has 8 heavy (non-hydrogen) atoms. The van der Waals surface area contributed by atoms with Crippen LogP contribution in [0.25, 0.3) is 0 Å². The average Bonchev–Trinajstić information content (AvgIpc) is 2.12. The maximum absolute atomic E-state index is 6.86. The molecule has 0 fully saturated rings. The molecule has 1 heterocycles. The van der Waals surface area contributed by atoms with Gasteiger partial charge in [0.25, 0.3) is 0 Å². The predicted octanol–water partition coefficient (Wildman–Crippen LogP) is -0.178. The summed E-state index contributed by atoms with van der Waals surface area (Å²) in [6.45, 7) is 0. The molecule has 4 nitrogen and oxygen atoms in total. The third-order valence-electron chi connectivity index (χ3n) is 0.627. The molecule has 42 valence electrons. The molecule has 0 atom stereocenters. The van der Waals surface area contributed by atoms with Crippen LogP contribution in [0.15, 0.2) is 6.20 Å². The Bertz CT molecular complexity index is 179. The Balaban J connectivity index is 2.93. The van der Waals surface area contributed by atoms with Gasteiger partial charge in [0, 0.05) is 0 Å². The number of rotatable bonds is 1. The van der Waals surface area contributed by atoms with Crippen LogP contribution in [-0.2, 0) is 0 Å². The maximum Gasteiger partial charge on any atom is 0.136 e. The molecule has 1 aromatic rings. The summed E-state index contributed by atoms with van der Waals surface area (Å²) >= 11 is 1.12. The molecule has 3 N–H and O–H groups in total. The summed E-state index contributed by atoms with van der Waals surface area (Å²) in [7, 11) is 0. The molecule has 0 aliphatic rings. The summed E-state index contributed by atoms with van der Waals surface area (Å²) in [5, 5.41) is 10.4. The first-order chi connectivity index (χ1) is 3.80. The molecule has 0 unspecified atom stereocenters. The van der Waals surface area contributed by atoms with E-state index in [0.29, 0.717) is 4.88 Å². The van der Waals surface area contributed by atoms with Gasteiger partial charge in [-0.1, -0.05) is 4.49 Å². The standard InChI is InChI=1S/C3H4N4S/c4-3(5)2-1-6-7-8-2/h1H,(H3,4,5). The van der Waals surface area contributed by atoms with E-state index in [-0.39, 0.29) is 5.84 Å². The van der Waals surface area contributed by atoms with E-state index in [1.165, 1.54) is 6.20 Å². The highest BCUT2D eigenvalue weighted by atomic mass is 32.1. The van der Waals surface area contributed by atoms with Gasteiger partial charge in [-0.05, 0) is 11.5 Å². The topological polar surface area (TPSA) is 75.7 Å². The molecule has 0 spiro atoms. The van der Waals surface area contributed by atoms with Crippen molar-refractivity contribution in [1.29, 1.82) is 5.41 Å². The summed E-state index contributed by atoms with van der Waals surface area (Å²) in [5.41, 5.74) is 5.07. The third-order valence-corrected chi connectivity index (χ3v) is 1.32. The van der Waals surface area contributed by atoms with Crippen LogP contribution in [0.2, 0.25) is 0 Å². The highest BCUT2D eigenvalue weighted by Crippen LogP contribution is 1.97. The van der Waals surface area contributed by atoms with Crippen LogP contribution in [0.5, 0.6) is 0 Å². The van der Waals surface area contributed by atoms with Crippen molar-refractivity contribution in [3.8, 4) is 0 Å². The Morgan fingerprint density at radius 3 is 2.88 bits per heavy atom. The molecule has 0 aliphatic heterocycles. The van der Waals surface area contributed by atoms with Gasteiger partial charge in [0.05, 0.1) is 6.20 Å². The lowest BCUT2D eigenvalue weighted by atomic mass is 10.5. The fourth-order valence-corrected chi connectivity index (χ4v) is 0.661. The molecular formula is C3H4N4S. The van der Waals surface area contributed by atoms with E-state index in [9.17, 15) is 0 Å². The first-order valence-electron chi connectivity index (χ1n) is 1.92. The molecule has 1 aromatic heterocycles. The van der Waals surface area contributed by atoms with Gasteiger partial charge in [0.2, 0.25) is 0 Å². The number of nitrogen functional groups attached to an aromatic ring is 1. The van der Waals surface area contributed by atoms with Gasteiger partial charge in [0.15, 0.2) is 0 Å². The lowest BCUT2D eigenvalue weighted by molar-refractivity contribution is 1.15. The molecule has 0 aromatic carbocycles. The lowest BCUT2D eigenvalue weighted by Gasteiger charge is -1.81. The SMILES string of the molecule is N=C(N)c1cnns1. The zero-order chi connectivity index (χ0) is 5.98. The molecular weight excluding hydrogens is 124 g/mol. The number of hydrogen-bond acceptors (Lipinski definition) is 4. The number of aromatic nitrogens is 2. The van der Waals surface area contributed by atoms with Gasteiger partial charge in [-0.25, -0.2) is 0 Å². The number of hydrogen-bond donors (Lipinski definition) is 2. The summed E-state index contributed by atoms with van der Waals surface area (Å²) in [4.78, 5) is 0.616. The highest BCUT2D eigenvalue weighted by molar-refractivity contribution is 7.07. The molecule has 0 saturated heterocycles. The number of nitrogens with zero attached hydrogens (tertiary/aromatic N) is 2. The van der Waals surface area contributed by atoms with Crippen molar-refractivity contribution in [3.05, 3.63) is 11.1 Å². The van der Waals surface area contributed by atoms with Crippen LogP contribution >= 0.6 is 11.5 Å². The van der Waals surface area contributed by atoms with Crippen molar-refractivity contribution < 1.29 is 0 Å². The van der Waals surface area contributed by atoms with Crippen molar-refractivity contribution in [2.24, 2.45) is 5.73 Å². The van der Waals surface area contributed by atoms with Crippen molar-refractivity contribution >= 4 is 17.4 Å². The summed E-state index contributed by atoms with van der Waals surface area (Å²) in [6, 6.07) is 0. The largest absolute Gasteiger partial charge is 0.383 e. The zero-order valence-corrected chi connectivity index (χ0v) is 4.77. The second kappa shape index (κ2) is 1.87. The number of nitrogens with two attached hydrogens (primary N) is 1. The minimum absolute atomic E-state index is 0.0278. The zero-order valence-electron chi connectivity index (χ0n) is 3.96. The van der Waals surface area contributed by atoms with E-state index in [2.05, 4.69) is 9.59 Å². The Morgan fingerprint density at radius 2 is 2.62 bits per heavy atom. The summed E-state index contributed by atoms with van der Waals surface area (Å²) in [6.07, 6.45) is 1.47. The van der Waals surface area contributed by atoms with Gasteiger partial charge in [-0.15, -0.1) is 5.10 Å². The van der Waals surface area contributed by atoms with E-state index >= 15 is 0 Å². The van der Waals surface area contributed by atoms with Gasteiger partial charge in [-0.2, -0.15) is 0 Å². The quantitative estimate of drug-likeness (QED) is 0.407. The Labute approximate surface area is 50.0 Å². The van der Waals surface area contributed by atoms with E-state index < -0.39 is 0 Å².